The Bertz CT molecular complexity index is 922. The fourth-order valence-corrected chi connectivity index (χ4v) is 2.65. The summed E-state index contributed by atoms with van der Waals surface area (Å²) in [6.45, 7) is 1.60. The number of ether oxygens (including phenoxy) is 1. The third-order valence-electron chi connectivity index (χ3n) is 3.70. The van der Waals surface area contributed by atoms with Gasteiger partial charge in [-0.2, -0.15) is 5.26 Å². The van der Waals surface area contributed by atoms with Crippen LogP contribution in [0.15, 0.2) is 51.0 Å². The summed E-state index contributed by atoms with van der Waals surface area (Å²) >= 11 is 0. The average molecular weight is 326 g/mol. The smallest absolute Gasteiger partial charge is 0.343 e. The molecule has 0 unspecified atom stereocenters. The molecule has 0 bridgehead atoms. The van der Waals surface area contributed by atoms with Crippen molar-refractivity contribution in [1.82, 2.24) is 0 Å². The Kier molecular flexibility index (Phi) is 3.73. The quantitative estimate of drug-likeness (QED) is 0.798. The molecule has 3 N–H and O–H groups in total. The predicted octanol–water partition coefficient (Wildman–Crippen LogP) is 1.86. The Balaban J connectivity index is 2.22. The summed E-state index contributed by atoms with van der Waals surface area (Å²) < 4.78 is 10.5. The van der Waals surface area contributed by atoms with Gasteiger partial charge < -0.3 is 25.3 Å². The summed E-state index contributed by atoms with van der Waals surface area (Å²) in [5, 5.41) is 28.9. The highest BCUT2D eigenvalue weighted by Gasteiger charge is 2.34. The van der Waals surface area contributed by atoms with Gasteiger partial charge in [-0.3, -0.25) is 5.21 Å². The predicted molar refractivity (Wildman–Crippen MR) is 83.1 cm³/mol. The van der Waals surface area contributed by atoms with Crippen molar-refractivity contribution in [3.63, 3.8) is 0 Å². The third-order valence-corrected chi connectivity index (χ3v) is 3.70. The number of nitrogens with zero attached hydrogens (tertiary/aromatic N) is 2. The first-order chi connectivity index (χ1) is 11.4. The first-order valence-electron chi connectivity index (χ1n) is 6.90. The van der Waals surface area contributed by atoms with E-state index in [0.717, 1.165) is 0 Å². The second kappa shape index (κ2) is 5.73. The molecule has 122 valence electrons. The number of anilines is 1. The van der Waals surface area contributed by atoms with Gasteiger partial charge >= 0.3 is 5.63 Å². The van der Waals surface area contributed by atoms with Gasteiger partial charge in [0.25, 0.3) is 0 Å². The third kappa shape index (κ3) is 2.48. The minimum Gasteiger partial charge on any atom is -0.733 e. The Morgan fingerprint density at radius 1 is 1.38 bits per heavy atom. The first-order valence-corrected chi connectivity index (χ1v) is 6.90. The lowest BCUT2D eigenvalue weighted by atomic mass is 9.84. The van der Waals surface area contributed by atoms with E-state index in [1.807, 2.05) is 6.07 Å². The van der Waals surface area contributed by atoms with Crippen molar-refractivity contribution in [2.45, 2.75) is 12.8 Å². The van der Waals surface area contributed by atoms with Gasteiger partial charge in [-0.1, -0.05) is 12.1 Å². The van der Waals surface area contributed by atoms with Crippen LogP contribution in [0.3, 0.4) is 0 Å². The number of hydrogen-bond donors (Lipinski definition) is 2. The average Bonchev–Trinajstić information content (AvgIpc) is 2.53. The first kappa shape index (κ1) is 15.6. The standard InChI is InChI=1S/C16H12N3O5/c1-8-6-12-14(16(20)23-8)13(11(7-17)15(18)24-12)9-2-4-10(5-3-9)19(21)22/h2-6,13,21H,18H2,1H3/q-1/t13-/m1/s1. The molecule has 0 radical (unpaired) electrons. The highest BCUT2D eigenvalue weighted by atomic mass is 16.8. The van der Waals surface area contributed by atoms with Crippen LogP contribution in [0.2, 0.25) is 0 Å². The van der Waals surface area contributed by atoms with Crippen LogP contribution in [-0.2, 0) is 0 Å². The fourth-order valence-electron chi connectivity index (χ4n) is 2.65. The van der Waals surface area contributed by atoms with Crippen LogP contribution >= 0.6 is 0 Å². The maximum Gasteiger partial charge on any atom is 0.343 e. The summed E-state index contributed by atoms with van der Waals surface area (Å²) in [7, 11) is 0. The lowest BCUT2D eigenvalue weighted by molar-refractivity contribution is 0.296. The topological polar surface area (TPSA) is 136 Å². The molecule has 8 heteroatoms. The zero-order valence-electron chi connectivity index (χ0n) is 12.5. The van der Waals surface area contributed by atoms with E-state index in [1.54, 1.807) is 6.92 Å². The molecule has 0 amide bonds. The normalized spacial score (nSPS) is 16.2. The molecule has 0 fully saturated rings. The van der Waals surface area contributed by atoms with Crippen molar-refractivity contribution in [3.05, 3.63) is 74.3 Å². The molecule has 2 aromatic rings. The van der Waals surface area contributed by atoms with E-state index in [4.69, 9.17) is 20.1 Å². The molecule has 1 aromatic carbocycles. The van der Waals surface area contributed by atoms with Crippen molar-refractivity contribution in [3.8, 4) is 11.8 Å². The Hall–Kier alpha value is -3.28. The number of aryl methyl sites for hydroxylation is 1. The molecule has 0 saturated heterocycles. The maximum absolute atomic E-state index is 12.3. The number of rotatable bonds is 2. The molecule has 8 nitrogen and oxygen atoms in total. The molecule has 0 spiro atoms. The van der Waals surface area contributed by atoms with Crippen LogP contribution in [0, 0.1) is 23.5 Å². The monoisotopic (exact) mass is 326 g/mol. The van der Waals surface area contributed by atoms with Crippen LogP contribution < -0.4 is 21.3 Å². The van der Waals surface area contributed by atoms with E-state index in [9.17, 15) is 15.3 Å². The van der Waals surface area contributed by atoms with E-state index in [-0.39, 0.29) is 33.7 Å². The van der Waals surface area contributed by atoms with E-state index in [2.05, 4.69) is 0 Å². The van der Waals surface area contributed by atoms with E-state index in [0.29, 0.717) is 11.3 Å². The summed E-state index contributed by atoms with van der Waals surface area (Å²) in [5.41, 5.74) is 5.94. The Labute approximate surface area is 136 Å². The van der Waals surface area contributed by atoms with Crippen LogP contribution in [0.5, 0.6) is 5.75 Å². The summed E-state index contributed by atoms with van der Waals surface area (Å²) in [5.74, 6) is -0.314. The van der Waals surface area contributed by atoms with Gasteiger partial charge in [-0.05, 0) is 24.6 Å². The number of hydrogen-bond acceptors (Lipinski definition) is 8. The molecule has 1 aliphatic heterocycles. The minimum atomic E-state index is -0.788. The Morgan fingerprint density at radius 2 is 2.04 bits per heavy atom. The van der Waals surface area contributed by atoms with Crippen molar-refractivity contribution in [1.29, 1.82) is 5.26 Å². The lowest BCUT2D eigenvalue weighted by Crippen LogP contribution is -2.26. The second-order valence-electron chi connectivity index (χ2n) is 5.21. The van der Waals surface area contributed by atoms with Gasteiger partial charge in [0.2, 0.25) is 5.88 Å². The zero-order valence-corrected chi connectivity index (χ0v) is 12.5. The number of fused-ring (bicyclic) bond motifs is 1. The molecule has 1 aromatic heterocycles. The van der Waals surface area contributed by atoms with Gasteiger partial charge in [0.15, 0.2) is 0 Å². The van der Waals surface area contributed by atoms with Gasteiger partial charge in [0, 0.05) is 6.07 Å². The molecule has 1 atom stereocenters. The number of allylic oxidation sites excluding steroid dienone is 1. The summed E-state index contributed by atoms with van der Waals surface area (Å²) in [4.78, 5) is 12.3. The fraction of sp³-hybridized carbons (Fsp3) is 0.125. The maximum atomic E-state index is 12.3. The number of benzene rings is 1. The highest BCUT2D eigenvalue weighted by molar-refractivity contribution is 5.56. The van der Waals surface area contributed by atoms with E-state index >= 15 is 0 Å². The van der Waals surface area contributed by atoms with E-state index in [1.165, 1.54) is 30.3 Å². The SMILES string of the molecule is Cc1cc2c(c(=O)o1)[C@H](c1ccc(N([O-])O)cc1)C(C#N)=C(N)O2. The van der Waals surface area contributed by atoms with Crippen LogP contribution in [-0.4, -0.2) is 5.21 Å². The van der Waals surface area contributed by atoms with Crippen LogP contribution in [0.4, 0.5) is 5.69 Å². The molecule has 0 aliphatic carbocycles. The molecule has 2 heterocycles. The van der Waals surface area contributed by atoms with Crippen LogP contribution in [0.1, 0.15) is 22.8 Å². The zero-order chi connectivity index (χ0) is 17.4. The van der Waals surface area contributed by atoms with Gasteiger partial charge in [0.05, 0.1) is 17.2 Å². The van der Waals surface area contributed by atoms with Gasteiger partial charge in [0.1, 0.15) is 23.2 Å². The second-order valence-corrected chi connectivity index (χ2v) is 5.21. The molecule has 0 saturated carbocycles. The molecular formula is C16H12N3O5-. The molecular weight excluding hydrogens is 314 g/mol. The highest BCUT2D eigenvalue weighted by Crippen LogP contribution is 2.40. The van der Waals surface area contributed by atoms with Gasteiger partial charge in [-0.25, -0.2) is 4.79 Å². The summed E-state index contributed by atoms with van der Waals surface area (Å²) in [6, 6.07) is 9.22. The summed E-state index contributed by atoms with van der Waals surface area (Å²) in [6.07, 6.45) is 0. The van der Waals surface area contributed by atoms with Gasteiger partial charge in [-0.15, -0.1) is 0 Å². The van der Waals surface area contributed by atoms with Crippen molar-refractivity contribution in [2.24, 2.45) is 5.73 Å². The molecule has 1 aliphatic rings. The van der Waals surface area contributed by atoms with E-state index < -0.39 is 11.5 Å². The lowest BCUT2D eigenvalue weighted by Gasteiger charge is -2.26. The largest absolute Gasteiger partial charge is 0.733 e. The Morgan fingerprint density at radius 3 is 2.62 bits per heavy atom. The van der Waals surface area contributed by atoms with Crippen LogP contribution in [0.25, 0.3) is 0 Å². The molecule has 24 heavy (non-hydrogen) atoms. The van der Waals surface area contributed by atoms with Crippen molar-refractivity contribution < 1.29 is 14.4 Å². The number of nitrogens with two attached hydrogens (primary N) is 1. The molecule has 3 rings (SSSR count). The van der Waals surface area contributed by atoms with Crippen molar-refractivity contribution in [2.75, 3.05) is 5.23 Å². The van der Waals surface area contributed by atoms with Crippen molar-refractivity contribution >= 4 is 5.69 Å². The minimum absolute atomic E-state index is 0.0115. The number of nitriles is 1.